The normalized spacial score (nSPS) is 18.3. The monoisotopic (exact) mass is 675 g/mol. The zero-order valence-electron chi connectivity index (χ0n) is 26.1. The van der Waals surface area contributed by atoms with Crippen LogP contribution in [0.25, 0.3) is 11.1 Å². The molecule has 1 saturated heterocycles. The van der Waals surface area contributed by atoms with Crippen LogP contribution < -0.4 is 5.32 Å². The van der Waals surface area contributed by atoms with Crippen molar-refractivity contribution in [3.05, 3.63) is 76.3 Å². The van der Waals surface area contributed by atoms with E-state index in [1.807, 2.05) is 0 Å². The Morgan fingerprint density at radius 1 is 1.17 bits per heavy atom. The standard InChI is InChI=1S/C31H33ClF3N7O5/c1-30(2,3)15-31(21-8-6-17(11-23(21)33)19-12-37-41(13-19)27(34)35)26(45)42(28(39-31)38-29(46)47)24(14-43)18-7-9-22(32)20(10-18)25(44)36-16-40(4)5/h6-13,16,24,27,43H,14-15H2,1-5H3,(H,38,39)(H,46,47)/t24?,31-/m1/s1. The summed E-state index contributed by atoms with van der Waals surface area (Å²) in [5, 5.41) is 26.7. The van der Waals surface area contributed by atoms with Crippen LogP contribution >= 0.6 is 11.6 Å². The summed E-state index contributed by atoms with van der Waals surface area (Å²) < 4.78 is 42.7. The van der Waals surface area contributed by atoms with Gasteiger partial charge in [-0.3, -0.25) is 14.5 Å². The van der Waals surface area contributed by atoms with Crippen molar-refractivity contribution >= 4 is 41.8 Å². The van der Waals surface area contributed by atoms with E-state index in [0.29, 0.717) is 4.68 Å². The lowest BCUT2D eigenvalue weighted by Gasteiger charge is -2.35. The number of carboxylic acid groups (broad SMARTS) is 1. The molecule has 0 spiro atoms. The van der Waals surface area contributed by atoms with Gasteiger partial charge in [-0.05, 0) is 41.2 Å². The van der Waals surface area contributed by atoms with Gasteiger partial charge in [-0.1, -0.05) is 50.6 Å². The summed E-state index contributed by atoms with van der Waals surface area (Å²) in [6.45, 7) is 1.71. The van der Waals surface area contributed by atoms with Gasteiger partial charge in [0.2, 0.25) is 5.96 Å². The highest BCUT2D eigenvalue weighted by atomic mass is 35.5. The number of rotatable bonds is 9. The Hall–Kier alpha value is -4.76. The van der Waals surface area contributed by atoms with Crippen molar-refractivity contribution in [2.45, 2.75) is 45.3 Å². The van der Waals surface area contributed by atoms with Crippen molar-refractivity contribution in [3.8, 4) is 11.1 Å². The number of nitrogens with zero attached hydrogens (tertiary/aromatic N) is 6. The van der Waals surface area contributed by atoms with Gasteiger partial charge in [0, 0.05) is 31.4 Å². The minimum Gasteiger partial charge on any atom is -0.463 e. The highest BCUT2D eigenvalue weighted by Gasteiger charge is 2.56. The lowest BCUT2D eigenvalue weighted by molar-refractivity contribution is -0.135. The number of amides is 3. The molecule has 1 fully saturated rings. The average Bonchev–Trinajstić information content (AvgIpc) is 3.56. The SMILES string of the molecule is CN(C)C=NC(=O)c1cc(C(CO)N2C(=O)[C@@](CC(C)(C)C)(c3ccc(-c4cnn(C(F)F)c4)cc3F)NC2=NC(=O)O)ccc1Cl. The molecule has 3 aromatic rings. The number of aliphatic hydroxyl groups excluding tert-OH is 1. The fraction of sp³-hybridized carbons (Fsp3) is 0.355. The van der Waals surface area contributed by atoms with Crippen LogP contribution in [-0.2, 0) is 10.3 Å². The first-order chi connectivity index (χ1) is 22.0. The number of hydrogen-bond donors (Lipinski definition) is 3. The molecule has 0 radical (unpaired) electrons. The third kappa shape index (κ3) is 7.46. The highest BCUT2D eigenvalue weighted by Crippen LogP contribution is 2.44. The van der Waals surface area contributed by atoms with Gasteiger partial charge in [0.25, 0.3) is 11.8 Å². The predicted molar refractivity (Wildman–Crippen MR) is 168 cm³/mol. The van der Waals surface area contributed by atoms with Crippen molar-refractivity contribution in [3.63, 3.8) is 0 Å². The molecule has 12 nitrogen and oxygen atoms in total. The van der Waals surface area contributed by atoms with Gasteiger partial charge in [0.1, 0.15) is 11.4 Å². The van der Waals surface area contributed by atoms with E-state index in [0.717, 1.165) is 23.4 Å². The molecule has 0 aliphatic carbocycles. The van der Waals surface area contributed by atoms with Gasteiger partial charge >= 0.3 is 12.6 Å². The second-order valence-electron chi connectivity index (χ2n) is 12.3. The van der Waals surface area contributed by atoms with Crippen LogP contribution in [0.3, 0.4) is 0 Å². The van der Waals surface area contributed by atoms with Crippen molar-refractivity contribution in [1.82, 2.24) is 24.9 Å². The maximum absolute atomic E-state index is 16.1. The van der Waals surface area contributed by atoms with E-state index in [1.54, 1.807) is 34.9 Å². The van der Waals surface area contributed by atoms with Crippen LogP contribution in [0, 0.1) is 11.2 Å². The number of guanidine groups is 1. The largest absolute Gasteiger partial charge is 0.463 e. The van der Waals surface area contributed by atoms with Crippen LogP contribution in [0.2, 0.25) is 5.02 Å². The minimum atomic E-state index is -2.90. The molecule has 16 heteroatoms. The molecule has 2 heterocycles. The third-order valence-electron chi connectivity index (χ3n) is 7.19. The number of alkyl halides is 2. The molecule has 250 valence electrons. The molecule has 4 rings (SSSR count). The highest BCUT2D eigenvalue weighted by molar-refractivity contribution is 6.34. The van der Waals surface area contributed by atoms with E-state index in [2.05, 4.69) is 20.4 Å². The predicted octanol–water partition coefficient (Wildman–Crippen LogP) is 5.30. The quantitative estimate of drug-likeness (QED) is 0.204. The molecule has 2 aromatic carbocycles. The van der Waals surface area contributed by atoms with Gasteiger partial charge in [-0.15, -0.1) is 4.99 Å². The Balaban J connectivity index is 1.87. The molecular formula is C31H33ClF3N7O5. The summed E-state index contributed by atoms with van der Waals surface area (Å²) in [6.07, 6.45) is 1.71. The first-order valence-electron chi connectivity index (χ1n) is 14.2. The Morgan fingerprint density at radius 2 is 1.87 bits per heavy atom. The van der Waals surface area contributed by atoms with Crippen LogP contribution in [0.15, 0.2) is 58.8 Å². The summed E-state index contributed by atoms with van der Waals surface area (Å²) in [7, 11) is 3.32. The van der Waals surface area contributed by atoms with E-state index in [9.17, 15) is 33.4 Å². The van der Waals surface area contributed by atoms with E-state index in [-0.39, 0.29) is 39.3 Å². The van der Waals surface area contributed by atoms with E-state index in [1.165, 1.54) is 41.6 Å². The smallest absolute Gasteiger partial charge is 0.434 e. The second kappa shape index (κ2) is 13.5. The molecule has 2 atom stereocenters. The van der Waals surface area contributed by atoms with Gasteiger partial charge in [-0.2, -0.15) is 18.9 Å². The van der Waals surface area contributed by atoms with Crippen molar-refractivity contribution in [1.29, 1.82) is 0 Å². The fourth-order valence-electron chi connectivity index (χ4n) is 5.38. The number of aliphatic hydroxyl groups is 1. The zero-order chi connectivity index (χ0) is 34.8. The summed E-state index contributed by atoms with van der Waals surface area (Å²) in [5.74, 6) is -2.93. The molecule has 47 heavy (non-hydrogen) atoms. The second-order valence-corrected chi connectivity index (χ2v) is 12.7. The van der Waals surface area contributed by atoms with Crippen LogP contribution in [0.5, 0.6) is 0 Å². The first-order valence-corrected chi connectivity index (χ1v) is 14.6. The van der Waals surface area contributed by atoms with Gasteiger partial charge in [-0.25, -0.2) is 13.9 Å². The maximum Gasteiger partial charge on any atom is 0.434 e. The molecule has 1 aliphatic rings. The minimum absolute atomic E-state index is 0.0416. The number of halogens is 4. The number of carbonyl (C=O) groups excluding carboxylic acids is 2. The Kier molecular flexibility index (Phi) is 10.1. The molecule has 0 saturated carbocycles. The number of nitrogens with one attached hydrogen (secondary N) is 1. The van der Waals surface area contributed by atoms with Crippen molar-refractivity contribution < 1.29 is 37.8 Å². The summed E-state index contributed by atoms with van der Waals surface area (Å²) in [4.78, 5) is 49.2. The number of hydrogen-bond acceptors (Lipinski definition) is 5. The molecule has 1 unspecified atom stereocenters. The van der Waals surface area contributed by atoms with E-state index < -0.39 is 59.8 Å². The summed E-state index contributed by atoms with van der Waals surface area (Å²) in [6, 6.07) is 6.63. The maximum atomic E-state index is 16.1. The number of aromatic nitrogens is 2. The fourth-order valence-corrected chi connectivity index (χ4v) is 5.58. The Bertz CT molecular complexity index is 1750. The first kappa shape index (κ1) is 35.1. The zero-order valence-corrected chi connectivity index (χ0v) is 26.8. The topological polar surface area (TPSA) is 153 Å². The molecule has 1 aromatic heterocycles. The molecular weight excluding hydrogens is 643 g/mol. The summed E-state index contributed by atoms with van der Waals surface area (Å²) in [5.41, 5.74) is -2.24. The van der Waals surface area contributed by atoms with Crippen LogP contribution in [0.4, 0.5) is 18.0 Å². The van der Waals surface area contributed by atoms with Gasteiger partial charge in [0.15, 0.2) is 0 Å². The van der Waals surface area contributed by atoms with Crippen molar-refractivity contribution in [2.75, 3.05) is 20.7 Å². The van der Waals surface area contributed by atoms with E-state index in [4.69, 9.17) is 11.6 Å². The molecule has 1 aliphatic heterocycles. The van der Waals surface area contributed by atoms with Gasteiger partial charge < -0.3 is 20.4 Å². The number of aliphatic imine (C=N–C) groups is 2. The van der Waals surface area contributed by atoms with Crippen molar-refractivity contribution in [2.24, 2.45) is 15.4 Å². The lowest BCUT2D eigenvalue weighted by Crippen LogP contribution is -2.47. The molecule has 3 N–H and O–H groups in total. The van der Waals surface area contributed by atoms with Crippen LogP contribution in [-0.4, -0.2) is 80.7 Å². The van der Waals surface area contributed by atoms with Gasteiger partial charge in [0.05, 0.1) is 35.8 Å². The third-order valence-corrected chi connectivity index (χ3v) is 7.52. The average molecular weight is 676 g/mol. The molecule has 3 amide bonds. The Labute approximate surface area is 273 Å². The van der Waals surface area contributed by atoms with Crippen LogP contribution in [0.1, 0.15) is 61.3 Å². The number of benzene rings is 2. The molecule has 0 bridgehead atoms. The van der Waals surface area contributed by atoms with E-state index >= 15 is 4.39 Å². The lowest BCUT2D eigenvalue weighted by atomic mass is 9.75. The summed E-state index contributed by atoms with van der Waals surface area (Å²) >= 11 is 6.28. The number of carbonyl (C=O) groups is 3. The Morgan fingerprint density at radius 3 is 2.43 bits per heavy atom.